The summed E-state index contributed by atoms with van der Waals surface area (Å²) in [6.45, 7) is 6.37. The molecule has 112 valence electrons. The zero-order chi connectivity index (χ0) is 15.3. The number of ether oxygens (including phenoxy) is 1. The maximum absolute atomic E-state index is 13.4. The van der Waals surface area contributed by atoms with Gasteiger partial charge in [0.1, 0.15) is 11.6 Å². The molecule has 0 heterocycles. The highest BCUT2D eigenvalue weighted by Crippen LogP contribution is 2.27. The molecule has 0 saturated carbocycles. The van der Waals surface area contributed by atoms with E-state index in [1.54, 1.807) is 27.1 Å². The van der Waals surface area contributed by atoms with Crippen LogP contribution in [0.3, 0.4) is 0 Å². The summed E-state index contributed by atoms with van der Waals surface area (Å²) >= 11 is 0. The number of carbonyl (C=O) groups excluding carboxylic acids is 1. The molecule has 20 heavy (non-hydrogen) atoms. The Hall–Kier alpha value is -1.62. The second-order valence-corrected chi connectivity index (χ2v) is 4.95. The quantitative estimate of drug-likeness (QED) is 0.871. The van der Waals surface area contributed by atoms with Gasteiger partial charge in [-0.15, -0.1) is 0 Å². The van der Waals surface area contributed by atoms with Crippen molar-refractivity contribution in [2.45, 2.75) is 32.9 Å². The number of hydrogen-bond donors (Lipinski definition) is 1. The smallest absolute Gasteiger partial charge is 0.262 e. The molecular weight excluding hydrogens is 259 g/mol. The molecule has 4 nitrogen and oxygen atoms in total. The van der Waals surface area contributed by atoms with Crippen LogP contribution >= 0.6 is 0 Å². The van der Waals surface area contributed by atoms with Gasteiger partial charge in [-0.1, -0.05) is 6.92 Å². The van der Waals surface area contributed by atoms with Crippen LogP contribution in [0, 0.1) is 5.82 Å². The summed E-state index contributed by atoms with van der Waals surface area (Å²) in [5.41, 5.74) is 0.713. The molecule has 1 N–H and O–H groups in total. The minimum Gasteiger partial charge on any atom is -0.481 e. The molecule has 5 heteroatoms. The Morgan fingerprint density at radius 3 is 2.60 bits per heavy atom. The third-order valence-corrected chi connectivity index (χ3v) is 3.04. The van der Waals surface area contributed by atoms with Gasteiger partial charge in [0.2, 0.25) is 0 Å². The Morgan fingerprint density at radius 1 is 1.40 bits per heavy atom. The van der Waals surface area contributed by atoms with Crippen molar-refractivity contribution in [3.8, 4) is 5.75 Å². The van der Waals surface area contributed by atoms with Crippen molar-refractivity contribution in [2.75, 3.05) is 20.6 Å². The third kappa shape index (κ3) is 4.20. The predicted molar refractivity (Wildman–Crippen MR) is 77.3 cm³/mol. The van der Waals surface area contributed by atoms with E-state index in [0.717, 1.165) is 6.54 Å². The van der Waals surface area contributed by atoms with Gasteiger partial charge < -0.3 is 15.0 Å². The van der Waals surface area contributed by atoms with Crippen LogP contribution in [0.15, 0.2) is 18.2 Å². The first-order valence-electron chi connectivity index (χ1n) is 6.77. The van der Waals surface area contributed by atoms with Gasteiger partial charge in [0.15, 0.2) is 6.10 Å². The van der Waals surface area contributed by atoms with Crippen LogP contribution in [-0.4, -0.2) is 37.6 Å². The standard InChI is InChI=1S/C15H23FN2O2/c1-6-17-10(2)13-9-12(16)7-8-14(13)20-11(3)15(19)18(4)5/h7-11,17H,6H2,1-5H3. The largest absolute Gasteiger partial charge is 0.481 e. The van der Waals surface area contributed by atoms with E-state index in [1.165, 1.54) is 17.0 Å². The molecule has 2 atom stereocenters. The van der Waals surface area contributed by atoms with Crippen LogP contribution in [0.4, 0.5) is 4.39 Å². The van der Waals surface area contributed by atoms with Crippen molar-refractivity contribution in [1.82, 2.24) is 10.2 Å². The number of nitrogens with zero attached hydrogens (tertiary/aromatic N) is 1. The highest BCUT2D eigenvalue weighted by Gasteiger charge is 2.20. The Kier molecular flexibility index (Phi) is 5.95. The van der Waals surface area contributed by atoms with E-state index in [2.05, 4.69) is 5.32 Å². The van der Waals surface area contributed by atoms with Gasteiger partial charge in [0, 0.05) is 25.7 Å². The normalized spacial score (nSPS) is 13.7. The number of nitrogens with one attached hydrogen (secondary N) is 1. The number of amides is 1. The van der Waals surface area contributed by atoms with Crippen molar-refractivity contribution < 1.29 is 13.9 Å². The number of rotatable bonds is 6. The fraction of sp³-hybridized carbons (Fsp3) is 0.533. The number of halogens is 1. The van der Waals surface area contributed by atoms with Gasteiger partial charge in [0.05, 0.1) is 0 Å². The second kappa shape index (κ2) is 7.24. The van der Waals surface area contributed by atoms with E-state index < -0.39 is 6.10 Å². The van der Waals surface area contributed by atoms with Crippen LogP contribution in [-0.2, 0) is 4.79 Å². The summed E-state index contributed by atoms with van der Waals surface area (Å²) in [7, 11) is 3.35. The van der Waals surface area contributed by atoms with Crippen molar-refractivity contribution in [1.29, 1.82) is 0 Å². The lowest BCUT2D eigenvalue weighted by Crippen LogP contribution is -2.35. The fourth-order valence-corrected chi connectivity index (χ4v) is 1.99. The van der Waals surface area contributed by atoms with Crippen LogP contribution in [0.5, 0.6) is 5.75 Å². The molecule has 0 aromatic heterocycles. The second-order valence-electron chi connectivity index (χ2n) is 4.95. The molecule has 0 aliphatic heterocycles. The summed E-state index contributed by atoms with van der Waals surface area (Å²) in [5.74, 6) is 0.0858. The van der Waals surface area contributed by atoms with E-state index in [4.69, 9.17) is 4.74 Å². The van der Waals surface area contributed by atoms with E-state index >= 15 is 0 Å². The summed E-state index contributed by atoms with van der Waals surface area (Å²) < 4.78 is 19.1. The number of hydrogen-bond acceptors (Lipinski definition) is 3. The number of likely N-dealkylation sites (N-methyl/N-ethyl adjacent to an activating group) is 1. The van der Waals surface area contributed by atoms with Crippen LogP contribution < -0.4 is 10.1 Å². The van der Waals surface area contributed by atoms with Crippen molar-refractivity contribution >= 4 is 5.91 Å². The van der Waals surface area contributed by atoms with E-state index in [0.29, 0.717) is 11.3 Å². The van der Waals surface area contributed by atoms with Gasteiger partial charge in [-0.05, 0) is 38.6 Å². The van der Waals surface area contributed by atoms with Crippen molar-refractivity contribution in [3.05, 3.63) is 29.6 Å². The maximum atomic E-state index is 13.4. The SMILES string of the molecule is CCNC(C)c1cc(F)ccc1OC(C)C(=O)N(C)C. The first-order chi connectivity index (χ1) is 9.36. The Morgan fingerprint density at radius 2 is 2.05 bits per heavy atom. The minimum absolute atomic E-state index is 0.0487. The molecule has 0 radical (unpaired) electrons. The van der Waals surface area contributed by atoms with Crippen LogP contribution in [0.2, 0.25) is 0 Å². The summed E-state index contributed by atoms with van der Waals surface area (Å²) in [6.07, 6.45) is -0.608. The molecule has 0 bridgehead atoms. The number of benzene rings is 1. The molecule has 1 amide bonds. The van der Waals surface area contributed by atoms with Gasteiger partial charge in [-0.3, -0.25) is 4.79 Å². The topological polar surface area (TPSA) is 41.6 Å². The Balaban J connectivity index is 2.97. The van der Waals surface area contributed by atoms with E-state index in [1.807, 2.05) is 13.8 Å². The van der Waals surface area contributed by atoms with Gasteiger partial charge >= 0.3 is 0 Å². The first-order valence-corrected chi connectivity index (χ1v) is 6.77. The molecular formula is C15H23FN2O2. The molecule has 1 aromatic rings. The van der Waals surface area contributed by atoms with Gasteiger partial charge in [-0.25, -0.2) is 4.39 Å². The number of carbonyl (C=O) groups is 1. The molecule has 0 aliphatic rings. The monoisotopic (exact) mass is 282 g/mol. The lowest BCUT2D eigenvalue weighted by Gasteiger charge is -2.22. The zero-order valence-electron chi connectivity index (χ0n) is 12.7. The van der Waals surface area contributed by atoms with Gasteiger partial charge in [0.25, 0.3) is 5.91 Å². The molecule has 1 rings (SSSR count). The molecule has 1 aromatic carbocycles. The van der Waals surface area contributed by atoms with E-state index in [9.17, 15) is 9.18 Å². The molecule has 0 fully saturated rings. The average molecular weight is 282 g/mol. The van der Waals surface area contributed by atoms with E-state index in [-0.39, 0.29) is 17.8 Å². The molecule has 0 saturated heterocycles. The maximum Gasteiger partial charge on any atom is 0.262 e. The van der Waals surface area contributed by atoms with Crippen LogP contribution in [0.25, 0.3) is 0 Å². The van der Waals surface area contributed by atoms with Gasteiger partial charge in [-0.2, -0.15) is 0 Å². The minimum atomic E-state index is -0.608. The fourth-order valence-electron chi connectivity index (χ4n) is 1.99. The Labute approximate surface area is 119 Å². The molecule has 2 unspecified atom stereocenters. The highest BCUT2D eigenvalue weighted by molar-refractivity contribution is 5.80. The summed E-state index contributed by atoms with van der Waals surface area (Å²) in [4.78, 5) is 13.3. The van der Waals surface area contributed by atoms with Crippen LogP contribution in [0.1, 0.15) is 32.4 Å². The molecule has 0 spiro atoms. The first kappa shape index (κ1) is 16.4. The predicted octanol–water partition coefficient (Wildman–Crippen LogP) is 2.35. The van der Waals surface area contributed by atoms with Crippen molar-refractivity contribution in [2.24, 2.45) is 0 Å². The zero-order valence-corrected chi connectivity index (χ0v) is 12.7. The average Bonchev–Trinajstić information content (AvgIpc) is 2.39. The lowest BCUT2D eigenvalue weighted by atomic mass is 10.1. The third-order valence-electron chi connectivity index (χ3n) is 3.04. The molecule has 0 aliphatic carbocycles. The Bertz CT molecular complexity index is 463. The summed E-state index contributed by atoms with van der Waals surface area (Å²) in [5, 5.41) is 3.21. The highest BCUT2D eigenvalue weighted by atomic mass is 19.1. The summed E-state index contributed by atoms with van der Waals surface area (Å²) in [6, 6.07) is 4.30. The lowest BCUT2D eigenvalue weighted by molar-refractivity contribution is -0.135. The van der Waals surface area contributed by atoms with Crippen molar-refractivity contribution in [3.63, 3.8) is 0 Å².